The van der Waals surface area contributed by atoms with Crippen LogP contribution >= 0.6 is 0 Å². The van der Waals surface area contributed by atoms with Crippen LogP contribution in [0.4, 0.5) is 0 Å². The molecule has 1 saturated carbocycles. The molecular formula is C11H19N3O. The van der Waals surface area contributed by atoms with Gasteiger partial charge in [-0.15, -0.1) is 0 Å². The van der Waals surface area contributed by atoms with Crippen LogP contribution in [0.1, 0.15) is 33.1 Å². The van der Waals surface area contributed by atoms with Gasteiger partial charge >= 0.3 is 0 Å². The molecule has 0 aliphatic heterocycles. The highest BCUT2D eigenvalue weighted by Crippen LogP contribution is 2.24. The molecule has 4 nitrogen and oxygen atoms in total. The lowest BCUT2D eigenvalue weighted by atomic mass is 10.1. The molecule has 1 rings (SSSR count). The van der Waals surface area contributed by atoms with Gasteiger partial charge in [-0.2, -0.15) is 5.26 Å². The van der Waals surface area contributed by atoms with E-state index in [0.717, 1.165) is 19.3 Å². The number of nitriles is 1. The first kappa shape index (κ1) is 12.0. The highest BCUT2D eigenvalue weighted by Gasteiger charge is 2.28. The third-order valence-electron chi connectivity index (χ3n) is 2.70. The normalized spacial score (nSPS) is 25.2. The maximum atomic E-state index is 11.5. The number of rotatable bonds is 4. The molecule has 0 aromatic heterocycles. The maximum absolute atomic E-state index is 11.5. The van der Waals surface area contributed by atoms with Gasteiger partial charge in [0.15, 0.2) is 0 Å². The molecule has 0 aromatic rings. The molecular weight excluding hydrogens is 190 g/mol. The van der Waals surface area contributed by atoms with E-state index in [2.05, 4.69) is 16.7 Å². The van der Waals surface area contributed by atoms with E-state index in [0.29, 0.717) is 12.6 Å². The zero-order chi connectivity index (χ0) is 11.3. The fraction of sp³-hybridized carbons (Fsp3) is 0.818. The second kappa shape index (κ2) is 5.72. The maximum Gasteiger partial charge on any atom is 0.234 e. The Morgan fingerprint density at radius 2 is 2.27 bits per heavy atom. The summed E-state index contributed by atoms with van der Waals surface area (Å²) in [4.78, 5) is 11.5. The number of carbonyl (C=O) groups is 1. The SMILES string of the molecule is CC(C)NCC(=O)NC1CCCC1C#N. The van der Waals surface area contributed by atoms with Crippen LogP contribution in [0.15, 0.2) is 0 Å². The van der Waals surface area contributed by atoms with Crippen LogP contribution in [0.3, 0.4) is 0 Å². The van der Waals surface area contributed by atoms with E-state index in [1.54, 1.807) is 0 Å². The van der Waals surface area contributed by atoms with Gasteiger partial charge in [-0.25, -0.2) is 0 Å². The number of carbonyl (C=O) groups excluding carboxylic acids is 1. The molecule has 4 heteroatoms. The van der Waals surface area contributed by atoms with E-state index in [4.69, 9.17) is 5.26 Å². The molecule has 0 heterocycles. The molecule has 0 spiro atoms. The van der Waals surface area contributed by atoms with Crippen LogP contribution in [0.2, 0.25) is 0 Å². The Labute approximate surface area is 91.0 Å². The van der Waals surface area contributed by atoms with E-state index in [9.17, 15) is 4.79 Å². The smallest absolute Gasteiger partial charge is 0.234 e. The van der Waals surface area contributed by atoms with Crippen molar-refractivity contribution >= 4 is 5.91 Å². The third-order valence-corrected chi connectivity index (χ3v) is 2.70. The van der Waals surface area contributed by atoms with Crippen LogP contribution < -0.4 is 10.6 Å². The molecule has 0 bridgehead atoms. The van der Waals surface area contributed by atoms with E-state index < -0.39 is 0 Å². The molecule has 84 valence electrons. The molecule has 2 unspecified atom stereocenters. The van der Waals surface area contributed by atoms with Gasteiger partial charge in [0, 0.05) is 12.1 Å². The predicted octanol–water partition coefficient (Wildman–Crippen LogP) is 0.793. The first-order chi connectivity index (χ1) is 7.13. The number of nitrogens with one attached hydrogen (secondary N) is 2. The highest BCUT2D eigenvalue weighted by atomic mass is 16.2. The van der Waals surface area contributed by atoms with Gasteiger partial charge < -0.3 is 10.6 Å². The molecule has 0 aromatic carbocycles. The van der Waals surface area contributed by atoms with E-state index >= 15 is 0 Å². The molecule has 1 aliphatic rings. The first-order valence-corrected chi connectivity index (χ1v) is 5.56. The first-order valence-electron chi connectivity index (χ1n) is 5.56. The van der Waals surface area contributed by atoms with Crippen molar-refractivity contribution < 1.29 is 4.79 Å². The van der Waals surface area contributed by atoms with Crippen LogP contribution in [-0.4, -0.2) is 24.5 Å². The van der Waals surface area contributed by atoms with Crippen LogP contribution in [0.25, 0.3) is 0 Å². The van der Waals surface area contributed by atoms with E-state index in [1.165, 1.54) is 0 Å². The molecule has 1 fully saturated rings. The number of nitrogens with zero attached hydrogens (tertiary/aromatic N) is 1. The van der Waals surface area contributed by atoms with Gasteiger partial charge in [-0.1, -0.05) is 13.8 Å². The Hall–Kier alpha value is -1.08. The number of hydrogen-bond donors (Lipinski definition) is 2. The van der Waals surface area contributed by atoms with Crippen molar-refractivity contribution in [2.45, 2.75) is 45.2 Å². The van der Waals surface area contributed by atoms with Crippen molar-refractivity contribution in [1.82, 2.24) is 10.6 Å². The van der Waals surface area contributed by atoms with Crippen LogP contribution in [0.5, 0.6) is 0 Å². The molecule has 15 heavy (non-hydrogen) atoms. The lowest BCUT2D eigenvalue weighted by Gasteiger charge is -2.16. The van der Waals surface area contributed by atoms with Gasteiger partial charge in [0.05, 0.1) is 18.5 Å². The fourth-order valence-electron chi connectivity index (χ4n) is 1.84. The summed E-state index contributed by atoms with van der Waals surface area (Å²) in [5, 5.41) is 14.8. The summed E-state index contributed by atoms with van der Waals surface area (Å²) < 4.78 is 0. The largest absolute Gasteiger partial charge is 0.351 e. The lowest BCUT2D eigenvalue weighted by Crippen LogP contribution is -2.43. The Kier molecular flexibility index (Phi) is 4.57. The van der Waals surface area contributed by atoms with Crippen molar-refractivity contribution in [2.24, 2.45) is 5.92 Å². The lowest BCUT2D eigenvalue weighted by molar-refractivity contribution is -0.121. The quantitative estimate of drug-likeness (QED) is 0.719. The minimum Gasteiger partial charge on any atom is -0.351 e. The molecule has 2 atom stereocenters. The minimum atomic E-state index is -0.00384. The van der Waals surface area contributed by atoms with Gasteiger partial charge in [-0.3, -0.25) is 4.79 Å². The summed E-state index contributed by atoms with van der Waals surface area (Å²) in [5.74, 6) is 0.00356. The molecule has 2 N–H and O–H groups in total. The van der Waals surface area contributed by atoms with Crippen LogP contribution in [0, 0.1) is 17.2 Å². The van der Waals surface area contributed by atoms with Crippen molar-refractivity contribution in [3.8, 4) is 6.07 Å². The molecule has 1 aliphatic carbocycles. The van der Waals surface area contributed by atoms with Gasteiger partial charge in [-0.05, 0) is 19.3 Å². The standard InChI is InChI=1S/C11H19N3O/c1-8(2)13-7-11(15)14-10-5-3-4-9(10)6-12/h8-10,13H,3-5,7H2,1-2H3,(H,14,15). The summed E-state index contributed by atoms with van der Waals surface area (Å²) >= 11 is 0. The summed E-state index contributed by atoms with van der Waals surface area (Å²) in [6.45, 7) is 4.34. The average molecular weight is 209 g/mol. The Morgan fingerprint density at radius 3 is 2.87 bits per heavy atom. The Morgan fingerprint density at radius 1 is 1.53 bits per heavy atom. The summed E-state index contributed by atoms with van der Waals surface area (Å²) in [5.41, 5.74) is 0. The Balaban J connectivity index is 2.28. The van der Waals surface area contributed by atoms with Crippen molar-refractivity contribution in [3.63, 3.8) is 0 Å². The van der Waals surface area contributed by atoms with Gasteiger partial charge in [0.25, 0.3) is 0 Å². The van der Waals surface area contributed by atoms with E-state index in [1.807, 2.05) is 13.8 Å². The molecule has 0 radical (unpaired) electrons. The number of amides is 1. The molecule has 1 amide bonds. The topological polar surface area (TPSA) is 64.9 Å². The Bertz CT molecular complexity index is 257. The van der Waals surface area contributed by atoms with E-state index in [-0.39, 0.29) is 17.9 Å². The highest BCUT2D eigenvalue weighted by molar-refractivity contribution is 5.78. The van der Waals surface area contributed by atoms with Crippen molar-refractivity contribution in [3.05, 3.63) is 0 Å². The zero-order valence-electron chi connectivity index (χ0n) is 9.42. The number of hydrogen-bond acceptors (Lipinski definition) is 3. The minimum absolute atomic E-state index is 0.00384. The fourth-order valence-corrected chi connectivity index (χ4v) is 1.84. The summed E-state index contributed by atoms with van der Waals surface area (Å²) in [6.07, 6.45) is 2.89. The second-order valence-electron chi connectivity index (χ2n) is 4.38. The van der Waals surface area contributed by atoms with Gasteiger partial charge in [0.1, 0.15) is 0 Å². The van der Waals surface area contributed by atoms with Crippen LogP contribution in [-0.2, 0) is 4.79 Å². The second-order valence-corrected chi connectivity index (χ2v) is 4.38. The van der Waals surface area contributed by atoms with Crippen molar-refractivity contribution in [1.29, 1.82) is 5.26 Å². The predicted molar refractivity (Wildman–Crippen MR) is 58.0 cm³/mol. The third kappa shape index (κ3) is 3.88. The van der Waals surface area contributed by atoms with Gasteiger partial charge in [0.2, 0.25) is 5.91 Å². The summed E-state index contributed by atoms with van der Waals surface area (Å²) in [6, 6.07) is 2.63. The zero-order valence-corrected chi connectivity index (χ0v) is 9.42. The summed E-state index contributed by atoms with van der Waals surface area (Å²) in [7, 11) is 0. The monoisotopic (exact) mass is 209 g/mol. The van der Waals surface area contributed by atoms with Crippen molar-refractivity contribution in [2.75, 3.05) is 6.54 Å². The molecule has 0 saturated heterocycles. The average Bonchev–Trinajstić information content (AvgIpc) is 2.62.